The molecule has 1 saturated heterocycles. The number of hydrogen-bond acceptors (Lipinski definition) is 6. The Morgan fingerprint density at radius 2 is 1.70 bits per heavy atom. The number of amides is 1. The molecule has 8 heteroatoms. The molecule has 1 atom stereocenters. The third-order valence-electron chi connectivity index (χ3n) is 5.75. The first-order valence-electron chi connectivity index (χ1n) is 10.5. The summed E-state index contributed by atoms with van der Waals surface area (Å²) in [5.41, 5.74) is 4.43. The molecule has 0 spiro atoms. The minimum Gasteiger partial charge on any atom is -0.340 e. The van der Waals surface area contributed by atoms with E-state index in [4.69, 9.17) is 0 Å². The topological polar surface area (TPSA) is 90.9 Å². The van der Waals surface area contributed by atoms with Crippen molar-refractivity contribution in [1.82, 2.24) is 29.5 Å². The molecule has 2 aromatic rings. The van der Waals surface area contributed by atoms with Gasteiger partial charge in [-0.15, -0.1) is 0 Å². The van der Waals surface area contributed by atoms with Gasteiger partial charge in [-0.25, -0.2) is 14.6 Å². The summed E-state index contributed by atoms with van der Waals surface area (Å²) >= 11 is 0. The number of hydrogen-bond donors (Lipinski definition) is 0. The quantitative estimate of drug-likeness (QED) is 0.751. The number of nitrogens with zero attached hydrogens (tertiary/aromatic N) is 7. The summed E-state index contributed by atoms with van der Waals surface area (Å²) in [6.45, 7) is 14.6. The van der Waals surface area contributed by atoms with Gasteiger partial charge in [0.15, 0.2) is 0 Å². The lowest BCUT2D eigenvalue weighted by Gasteiger charge is -2.38. The van der Waals surface area contributed by atoms with E-state index in [1.165, 1.54) is 0 Å². The minimum absolute atomic E-state index is 0.0947. The summed E-state index contributed by atoms with van der Waals surface area (Å²) in [4.78, 5) is 26.1. The van der Waals surface area contributed by atoms with Crippen molar-refractivity contribution < 1.29 is 4.79 Å². The SMILES string of the molecule is Cc1cc(C)nc(-n2nc(C)c(CC(=O)N3CCN(C(C#N)C(C)C)CC3)c2C)n1. The van der Waals surface area contributed by atoms with E-state index in [9.17, 15) is 10.1 Å². The Bertz CT molecular complexity index is 944. The van der Waals surface area contributed by atoms with E-state index in [-0.39, 0.29) is 17.9 Å². The lowest BCUT2D eigenvalue weighted by atomic mass is 10.0. The van der Waals surface area contributed by atoms with Crippen molar-refractivity contribution in [2.24, 2.45) is 5.92 Å². The number of aromatic nitrogens is 4. The van der Waals surface area contributed by atoms with Gasteiger partial charge in [0.2, 0.25) is 5.91 Å². The Labute approximate surface area is 178 Å². The van der Waals surface area contributed by atoms with E-state index < -0.39 is 0 Å². The van der Waals surface area contributed by atoms with Crippen LogP contribution in [0.4, 0.5) is 0 Å². The van der Waals surface area contributed by atoms with E-state index in [0.29, 0.717) is 25.5 Å². The third-order valence-corrected chi connectivity index (χ3v) is 5.75. The van der Waals surface area contributed by atoms with Crippen LogP contribution in [0.1, 0.15) is 42.2 Å². The molecule has 8 nitrogen and oxygen atoms in total. The first-order valence-corrected chi connectivity index (χ1v) is 10.5. The van der Waals surface area contributed by atoms with E-state index in [2.05, 4.69) is 39.9 Å². The van der Waals surface area contributed by atoms with E-state index >= 15 is 0 Å². The maximum absolute atomic E-state index is 13.0. The molecule has 0 radical (unpaired) electrons. The normalized spacial score (nSPS) is 16.0. The number of nitriles is 1. The predicted molar refractivity (Wildman–Crippen MR) is 114 cm³/mol. The fourth-order valence-electron chi connectivity index (χ4n) is 4.09. The van der Waals surface area contributed by atoms with Crippen LogP contribution >= 0.6 is 0 Å². The van der Waals surface area contributed by atoms with Gasteiger partial charge in [0.05, 0.1) is 18.2 Å². The van der Waals surface area contributed by atoms with Crippen LogP contribution in [0.2, 0.25) is 0 Å². The monoisotopic (exact) mass is 409 g/mol. The Hall–Kier alpha value is -2.79. The molecule has 0 aromatic carbocycles. The summed E-state index contributed by atoms with van der Waals surface area (Å²) in [6, 6.07) is 4.23. The standard InChI is InChI=1S/C22H31N7O/c1-14(2)20(13-23)27-7-9-28(10-8-27)21(30)12-19-17(5)26-29(18(19)6)22-24-15(3)11-16(4)25-22/h11,14,20H,7-10,12H2,1-6H3. The second kappa shape index (κ2) is 8.92. The molecule has 0 saturated carbocycles. The van der Waals surface area contributed by atoms with Crippen LogP contribution in [0.3, 0.4) is 0 Å². The van der Waals surface area contributed by atoms with E-state index in [1.807, 2.05) is 38.7 Å². The number of rotatable bonds is 5. The maximum atomic E-state index is 13.0. The molecule has 0 aliphatic carbocycles. The van der Waals surface area contributed by atoms with Crippen LogP contribution < -0.4 is 0 Å². The molecular weight excluding hydrogens is 378 g/mol. The first kappa shape index (κ1) is 21.9. The summed E-state index contributed by atoms with van der Waals surface area (Å²) < 4.78 is 1.73. The van der Waals surface area contributed by atoms with Gasteiger partial charge in [0.25, 0.3) is 5.95 Å². The molecular formula is C22H31N7O. The lowest BCUT2D eigenvalue weighted by molar-refractivity contribution is -0.132. The Kier molecular flexibility index (Phi) is 6.52. The highest BCUT2D eigenvalue weighted by atomic mass is 16.2. The first-order chi connectivity index (χ1) is 14.2. The molecule has 1 unspecified atom stereocenters. The van der Waals surface area contributed by atoms with Crippen molar-refractivity contribution in [3.05, 3.63) is 34.4 Å². The highest BCUT2D eigenvalue weighted by molar-refractivity contribution is 5.79. The third kappa shape index (κ3) is 4.51. The van der Waals surface area contributed by atoms with Gasteiger partial charge in [0, 0.05) is 48.8 Å². The van der Waals surface area contributed by atoms with Gasteiger partial charge in [-0.3, -0.25) is 9.69 Å². The second-order valence-corrected chi connectivity index (χ2v) is 8.42. The maximum Gasteiger partial charge on any atom is 0.251 e. The Morgan fingerprint density at radius 3 is 2.23 bits per heavy atom. The van der Waals surface area contributed by atoms with Crippen LogP contribution in [-0.4, -0.2) is 67.7 Å². The molecule has 1 fully saturated rings. The van der Waals surface area contributed by atoms with Crippen LogP contribution in [0.25, 0.3) is 5.95 Å². The number of aryl methyl sites for hydroxylation is 3. The largest absolute Gasteiger partial charge is 0.340 e. The zero-order valence-corrected chi connectivity index (χ0v) is 18.8. The molecule has 2 aromatic heterocycles. The zero-order chi connectivity index (χ0) is 22.0. The predicted octanol–water partition coefficient (Wildman–Crippen LogP) is 2.13. The van der Waals surface area contributed by atoms with Gasteiger partial charge < -0.3 is 4.90 Å². The molecule has 30 heavy (non-hydrogen) atoms. The minimum atomic E-state index is -0.0947. The van der Waals surface area contributed by atoms with Gasteiger partial charge in [-0.1, -0.05) is 13.8 Å². The number of carbonyl (C=O) groups excluding carboxylic acids is 1. The van der Waals surface area contributed by atoms with Gasteiger partial charge in [-0.05, 0) is 39.7 Å². The van der Waals surface area contributed by atoms with E-state index in [1.54, 1.807) is 4.68 Å². The number of carbonyl (C=O) groups is 1. The Balaban J connectivity index is 1.71. The van der Waals surface area contributed by atoms with Crippen molar-refractivity contribution in [2.45, 2.75) is 54.0 Å². The molecule has 0 N–H and O–H groups in total. The smallest absolute Gasteiger partial charge is 0.251 e. The summed E-state index contributed by atoms with van der Waals surface area (Å²) in [7, 11) is 0. The molecule has 3 heterocycles. The fraction of sp³-hybridized carbons (Fsp3) is 0.591. The average molecular weight is 410 g/mol. The summed E-state index contributed by atoms with van der Waals surface area (Å²) in [5.74, 6) is 0.914. The molecule has 160 valence electrons. The van der Waals surface area contributed by atoms with Crippen molar-refractivity contribution in [3.63, 3.8) is 0 Å². The molecule has 3 rings (SSSR count). The van der Waals surface area contributed by atoms with E-state index in [0.717, 1.165) is 41.4 Å². The molecule has 1 aliphatic heterocycles. The van der Waals surface area contributed by atoms with Gasteiger partial charge in [-0.2, -0.15) is 10.4 Å². The second-order valence-electron chi connectivity index (χ2n) is 8.42. The van der Waals surface area contributed by atoms with Crippen molar-refractivity contribution in [2.75, 3.05) is 26.2 Å². The van der Waals surface area contributed by atoms with Crippen molar-refractivity contribution in [1.29, 1.82) is 5.26 Å². The van der Waals surface area contributed by atoms with Crippen molar-refractivity contribution in [3.8, 4) is 12.0 Å². The van der Waals surface area contributed by atoms with Crippen LogP contribution in [0.15, 0.2) is 6.07 Å². The van der Waals surface area contributed by atoms with Gasteiger partial charge in [0.1, 0.15) is 6.04 Å². The highest BCUT2D eigenvalue weighted by Gasteiger charge is 2.28. The van der Waals surface area contributed by atoms with Crippen molar-refractivity contribution >= 4 is 5.91 Å². The highest BCUT2D eigenvalue weighted by Crippen LogP contribution is 2.19. The Morgan fingerprint density at radius 1 is 1.10 bits per heavy atom. The fourth-order valence-corrected chi connectivity index (χ4v) is 4.09. The van der Waals surface area contributed by atoms with Gasteiger partial charge >= 0.3 is 0 Å². The van der Waals surface area contributed by atoms with Crippen LogP contribution in [0, 0.1) is 44.9 Å². The number of piperazine rings is 1. The van der Waals surface area contributed by atoms with Crippen LogP contribution in [0.5, 0.6) is 0 Å². The lowest BCUT2D eigenvalue weighted by Crippen LogP contribution is -2.53. The molecule has 0 bridgehead atoms. The van der Waals surface area contributed by atoms with Crippen LogP contribution in [-0.2, 0) is 11.2 Å². The molecule has 1 amide bonds. The average Bonchev–Trinajstić information content (AvgIpc) is 2.96. The summed E-state index contributed by atoms with van der Waals surface area (Å²) in [6.07, 6.45) is 0.314. The summed E-state index contributed by atoms with van der Waals surface area (Å²) in [5, 5.41) is 14.0. The molecule has 1 aliphatic rings. The zero-order valence-electron chi connectivity index (χ0n) is 18.8.